The maximum atomic E-state index is 11.7. The maximum absolute atomic E-state index is 11.7. The van der Waals surface area contributed by atoms with Gasteiger partial charge in [-0.1, -0.05) is 18.2 Å². The summed E-state index contributed by atoms with van der Waals surface area (Å²) in [5.74, 6) is -0.498. The molecule has 0 unspecified atom stereocenters. The van der Waals surface area contributed by atoms with E-state index in [0.29, 0.717) is 19.4 Å². The topological polar surface area (TPSA) is 89.3 Å². The van der Waals surface area contributed by atoms with Crippen molar-refractivity contribution in [3.05, 3.63) is 30.3 Å². The van der Waals surface area contributed by atoms with Gasteiger partial charge >= 0.3 is 0 Å². The average molecular weight is 256 g/mol. The normalized spacial score (nSPS) is 11.1. The number of unbranched alkanes of at least 4 members (excludes halogenated alkanes) is 1. The molecule has 5 nitrogen and oxygen atoms in total. The lowest BCUT2D eigenvalue weighted by molar-refractivity contribution is -0.119. The standard InChI is InChI=1S/C11H16N2O3S/c12-9-5-4-8-11(14)13-17(15,16)10-6-2-1-3-7-10/h1-3,6-7H,4-5,8-9,12H2,(H,13,14). The SMILES string of the molecule is NCCCCC(=O)NS(=O)(=O)c1ccccc1. The fraction of sp³-hybridized carbons (Fsp3) is 0.364. The summed E-state index contributed by atoms with van der Waals surface area (Å²) < 4.78 is 25.5. The average Bonchev–Trinajstić information content (AvgIpc) is 2.30. The first-order valence-corrected chi connectivity index (χ1v) is 6.85. The minimum atomic E-state index is -3.73. The van der Waals surface area contributed by atoms with Gasteiger partial charge in [-0.05, 0) is 31.5 Å². The number of hydrogen-bond acceptors (Lipinski definition) is 4. The van der Waals surface area contributed by atoms with Crippen LogP contribution >= 0.6 is 0 Å². The summed E-state index contributed by atoms with van der Waals surface area (Å²) >= 11 is 0. The van der Waals surface area contributed by atoms with Gasteiger partial charge in [-0.25, -0.2) is 13.1 Å². The highest BCUT2D eigenvalue weighted by molar-refractivity contribution is 7.90. The van der Waals surface area contributed by atoms with E-state index in [-0.39, 0.29) is 11.3 Å². The van der Waals surface area contributed by atoms with E-state index in [1.54, 1.807) is 18.2 Å². The van der Waals surface area contributed by atoms with Crippen LogP contribution in [-0.4, -0.2) is 20.9 Å². The van der Waals surface area contributed by atoms with Crippen molar-refractivity contribution < 1.29 is 13.2 Å². The molecule has 0 bridgehead atoms. The number of rotatable bonds is 6. The summed E-state index contributed by atoms with van der Waals surface area (Å²) in [5, 5.41) is 0. The van der Waals surface area contributed by atoms with Crippen molar-refractivity contribution >= 4 is 15.9 Å². The molecule has 17 heavy (non-hydrogen) atoms. The summed E-state index contributed by atoms with van der Waals surface area (Å²) in [5.41, 5.74) is 5.28. The van der Waals surface area contributed by atoms with Crippen LogP contribution in [0.5, 0.6) is 0 Å². The Morgan fingerprint density at radius 3 is 2.41 bits per heavy atom. The third kappa shape index (κ3) is 4.54. The molecule has 1 aromatic carbocycles. The van der Waals surface area contributed by atoms with E-state index >= 15 is 0 Å². The lowest BCUT2D eigenvalue weighted by Crippen LogP contribution is -2.30. The van der Waals surface area contributed by atoms with Crippen molar-refractivity contribution in [1.29, 1.82) is 0 Å². The number of amides is 1. The van der Waals surface area contributed by atoms with Gasteiger partial charge in [-0.2, -0.15) is 0 Å². The molecule has 0 saturated heterocycles. The maximum Gasteiger partial charge on any atom is 0.264 e. The molecule has 1 rings (SSSR count). The van der Waals surface area contributed by atoms with Gasteiger partial charge in [-0.3, -0.25) is 4.79 Å². The molecule has 0 aromatic heterocycles. The molecule has 1 aromatic rings. The second kappa shape index (κ2) is 6.36. The molecular weight excluding hydrogens is 240 g/mol. The Balaban J connectivity index is 2.59. The fourth-order valence-electron chi connectivity index (χ4n) is 1.29. The van der Waals surface area contributed by atoms with E-state index < -0.39 is 15.9 Å². The van der Waals surface area contributed by atoms with Crippen LogP contribution in [0.3, 0.4) is 0 Å². The minimum Gasteiger partial charge on any atom is -0.330 e. The predicted octanol–water partition coefficient (Wildman–Crippen LogP) is 0.620. The summed E-state index contributed by atoms with van der Waals surface area (Å²) in [7, 11) is -3.73. The highest BCUT2D eigenvalue weighted by Gasteiger charge is 2.16. The van der Waals surface area contributed by atoms with Crippen LogP contribution in [-0.2, 0) is 14.8 Å². The Morgan fingerprint density at radius 2 is 1.82 bits per heavy atom. The van der Waals surface area contributed by atoms with E-state index in [1.165, 1.54) is 12.1 Å². The highest BCUT2D eigenvalue weighted by Crippen LogP contribution is 2.07. The zero-order chi connectivity index (χ0) is 12.7. The monoisotopic (exact) mass is 256 g/mol. The Bertz CT molecular complexity index is 457. The van der Waals surface area contributed by atoms with Gasteiger partial charge in [0, 0.05) is 6.42 Å². The number of nitrogens with two attached hydrogens (primary N) is 1. The molecule has 0 fully saturated rings. The van der Waals surface area contributed by atoms with Gasteiger partial charge < -0.3 is 5.73 Å². The predicted molar refractivity (Wildman–Crippen MR) is 64.7 cm³/mol. The Labute approximate surface area is 101 Å². The second-order valence-electron chi connectivity index (χ2n) is 3.59. The van der Waals surface area contributed by atoms with Crippen LogP contribution in [0.1, 0.15) is 19.3 Å². The number of carbonyl (C=O) groups is 1. The van der Waals surface area contributed by atoms with Crippen LogP contribution < -0.4 is 10.5 Å². The molecule has 0 spiro atoms. The number of benzene rings is 1. The van der Waals surface area contributed by atoms with Crippen molar-refractivity contribution in [2.45, 2.75) is 24.2 Å². The Morgan fingerprint density at radius 1 is 1.18 bits per heavy atom. The molecule has 0 saturated carbocycles. The molecule has 94 valence electrons. The van der Waals surface area contributed by atoms with Crippen molar-refractivity contribution in [2.24, 2.45) is 5.73 Å². The Kier molecular flexibility index (Phi) is 5.11. The quantitative estimate of drug-likeness (QED) is 0.730. The van der Waals surface area contributed by atoms with Gasteiger partial charge in [0.25, 0.3) is 10.0 Å². The van der Waals surface area contributed by atoms with Crippen molar-refractivity contribution in [2.75, 3.05) is 6.54 Å². The van der Waals surface area contributed by atoms with Crippen molar-refractivity contribution in [3.8, 4) is 0 Å². The zero-order valence-electron chi connectivity index (χ0n) is 9.43. The molecule has 0 radical (unpaired) electrons. The second-order valence-corrected chi connectivity index (χ2v) is 5.27. The molecule has 0 aliphatic heterocycles. The third-order valence-corrected chi connectivity index (χ3v) is 3.55. The number of sulfonamides is 1. The first kappa shape index (κ1) is 13.7. The molecule has 3 N–H and O–H groups in total. The van der Waals surface area contributed by atoms with Gasteiger partial charge in [0.15, 0.2) is 0 Å². The van der Waals surface area contributed by atoms with Gasteiger partial charge in [0.2, 0.25) is 5.91 Å². The van der Waals surface area contributed by atoms with Crippen LogP contribution in [0.2, 0.25) is 0 Å². The van der Waals surface area contributed by atoms with Crippen LogP contribution in [0.15, 0.2) is 35.2 Å². The summed E-state index contributed by atoms with van der Waals surface area (Å²) in [4.78, 5) is 11.5. The van der Waals surface area contributed by atoms with Crippen molar-refractivity contribution in [3.63, 3.8) is 0 Å². The van der Waals surface area contributed by atoms with E-state index in [9.17, 15) is 13.2 Å². The summed E-state index contributed by atoms with van der Waals surface area (Å²) in [6.07, 6.45) is 1.47. The first-order chi connectivity index (χ1) is 8.06. The lowest BCUT2D eigenvalue weighted by Gasteiger charge is -2.06. The van der Waals surface area contributed by atoms with Gasteiger partial charge in [-0.15, -0.1) is 0 Å². The number of carbonyl (C=O) groups excluding carboxylic acids is 1. The van der Waals surface area contributed by atoms with Crippen LogP contribution in [0.25, 0.3) is 0 Å². The number of hydrogen-bond donors (Lipinski definition) is 2. The summed E-state index contributed by atoms with van der Waals surface area (Å²) in [6.45, 7) is 0.499. The fourth-order valence-corrected chi connectivity index (χ4v) is 2.32. The molecule has 0 atom stereocenters. The van der Waals surface area contributed by atoms with Gasteiger partial charge in [0.05, 0.1) is 4.90 Å². The smallest absolute Gasteiger partial charge is 0.264 e. The molecule has 0 aliphatic rings. The van der Waals surface area contributed by atoms with Crippen LogP contribution in [0, 0.1) is 0 Å². The van der Waals surface area contributed by atoms with E-state index in [4.69, 9.17) is 5.73 Å². The zero-order valence-corrected chi connectivity index (χ0v) is 10.2. The lowest BCUT2D eigenvalue weighted by atomic mass is 10.2. The van der Waals surface area contributed by atoms with Crippen molar-refractivity contribution in [1.82, 2.24) is 4.72 Å². The molecule has 6 heteroatoms. The molecular formula is C11H16N2O3S. The van der Waals surface area contributed by atoms with E-state index in [0.717, 1.165) is 0 Å². The third-order valence-electron chi connectivity index (χ3n) is 2.16. The summed E-state index contributed by atoms with van der Waals surface area (Å²) in [6, 6.07) is 7.80. The molecule has 0 heterocycles. The molecule has 0 aliphatic carbocycles. The van der Waals surface area contributed by atoms with Crippen LogP contribution in [0.4, 0.5) is 0 Å². The van der Waals surface area contributed by atoms with E-state index in [2.05, 4.69) is 0 Å². The number of nitrogens with one attached hydrogen (secondary N) is 1. The van der Waals surface area contributed by atoms with Gasteiger partial charge in [0.1, 0.15) is 0 Å². The highest BCUT2D eigenvalue weighted by atomic mass is 32.2. The van der Waals surface area contributed by atoms with E-state index in [1.807, 2.05) is 4.72 Å². The largest absolute Gasteiger partial charge is 0.330 e. The first-order valence-electron chi connectivity index (χ1n) is 5.37. The minimum absolute atomic E-state index is 0.0900. The Hall–Kier alpha value is -1.40. The molecule has 1 amide bonds.